The minimum Gasteiger partial charge on any atom is -0.482 e. The lowest BCUT2D eigenvalue weighted by molar-refractivity contribution is -0.145. The van der Waals surface area contributed by atoms with Gasteiger partial charge in [-0.15, -0.1) is 0 Å². The van der Waals surface area contributed by atoms with Crippen LogP contribution in [-0.2, 0) is 9.53 Å². The molecule has 3 rings (SSSR count). The van der Waals surface area contributed by atoms with E-state index in [1.807, 2.05) is 0 Å². The zero-order chi connectivity index (χ0) is 17.1. The standard InChI is InChI=1S/C18H15NO5/c1-2-23-16(20)11-24-13-9-7-12(8-10-13)19-17(21)14-5-3-4-6-15(14)18(19)22/h3-10H,2,11H2,1H3. The van der Waals surface area contributed by atoms with E-state index in [0.29, 0.717) is 29.2 Å². The second-order valence-electron chi connectivity index (χ2n) is 5.08. The summed E-state index contributed by atoms with van der Waals surface area (Å²) in [5.74, 6) is -0.711. The van der Waals surface area contributed by atoms with Gasteiger partial charge in [-0.05, 0) is 43.3 Å². The second kappa shape index (κ2) is 6.54. The summed E-state index contributed by atoms with van der Waals surface area (Å²) in [6.45, 7) is 1.82. The highest BCUT2D eigenvalue weighted by Crippen LogP contribution is 2.29. The molecular weight excluding hydrogens is 310 g/mol. The van der Waals surface area contributed by atoms with Gasteiger partial charge in [-0.1, -0.05) is 12.1 Å². The highest BCUT2D eigenvalue weighted by atomic mass is 16.6. The van der Waals surface area contributed by atoms with Crippen molar-refractivity contribution in [3.05, 3.63) is 59.7 Å². The van der Waals surface area contributed by atoms with Crippen LogP contribution in [0.2, 0.25) is 0 Å². The van der Waals surface area contributed by atoms with Crippen molar-refractivity contribution in [3.63, 3.8) is 0 Å². The molecule has 122 valence electrons. The quantitative estimate of drug-likeness (QED) is 0.623. The molecule has 2 aromatic rings. The number of rotatable bonds is 5. The van der Waals surface area contributed by atoms with Crippen LogP contribution in [0, 0.1) is 0 Å². The van der Waals surface area contributed by atoms with E-state index >= 15 is 0 Å². The maximum atomic E-state index is 12.4. The molecule has 1 aliphatic heterocycles. The third-order valence-electron chi connectivity index (χ3n) is 3.55. The third-order valence-corrected chi connectivity index (χ3v) is 3.55. The maximum Gasteiger partial charge on any atom is 0.344 e. The van der Waals surface area contributed by atoms with Crippen LogP contribution < -0.4 is 9.64 Å². The molecule has 6 nitrogen and oxygen atoms in total. The summed E-state index contributed by atoms with van der Waals surface area (Å²) in [7, 11) is 0. The van der Waals surface area contributed by atoms with Gasteiger partial charge >= 0.3 is 5.97 Å². The van der Waals surface area contributed by atoms with Crippen molar-refractivity contribution in [2.24, 2.45) is 0 Å². The minimum atomic E-state index is -0.457. The van der Waals surface area contributed by atoms with E-state index in [1.165, 1.54) is 0 Å². The Morgan fingerprint density at radius 2 is 1.54 bits per heavy atom. The van der Waals surface area contributed by atoms with Crippen LogP contribution in [0.5, 0.6) is 5.75 Å². The Balaban J connectivity index is 1.74. The Bertz CT molecular complexity index is 762. The van der Waals surface area contributed by atoms with Crippen LogP contribution in [0.3, 0.4) is 0 Å². The lowest BCUT2D eigenvalue weighted by Gasteiger charge is -2.14. The number of hydrogen-bond donors (Lipinski definition) is 0. The van der Waals surface area contributed by atoms with E-state index < -0.39 is 5.97 Å². The molecule has 24 heavy (non-hydrogen) atoms. The van der Waals surface area contributed by atoms with Gasteiger partial charge in [0.15, 0.2) is 6.61 Å². The summed E-state index contributed by atoms with van der Waals surface area (Å²) in [4.78, 5) is 37.2. The molecule has 2 aromatic carbocycles. The first kappa shape index (κ1) is 15.7. The molecule has 1 aliphatic rings. The second-order valence-corrected chi connectivity index (χ2v) is 5.08. The first-order valence-electron chi connectivity index (χ1n) is 7.48. The summed E-state index contributed by atoms with van der Waals surface area (Å²) in [5, 5.41) is 0. The monoisotopic (exact) mass is 325 g/mol. The number of ether oxygens (including phenoxy) is 2. The van der Waals surface area contributed by atoms with Gasteiger partial charge in [-0.25, -0.2) is 9.69 Å². The molecule has 6 heteroatoms. The van der Waals surface area contributed by atoms with Gasteiger partial charge < -0.3 is 9.47 Å². The first-order valence-corrected chi connectivity index (χ1v) is 7.48. The van der Waals surface area contributed by atoms with Gasteiger partial charge in [0.1, 0.15) is 5.75 Å². The van der Waals surface area contributed by atoms with Crippen LogP contribution in [0.4, 0.5) is 5.69 Å². The van der Waals surface area contributed by atoms with E-state index in [4.69, 9.17) is 9.47 Å². The van der Waals surface area contributed by atoms with Gasteiger partial charge in [-0.3, -0.25) is 9.59 Å². The molecule has 0 aliphatic carbocycles. The molecule has 0 radical (unpaired) electrons. The van der Waals surface area contributed by atoms with Gasteiger partial charge in [-0.2, -0.15) is 0 Å². The first-order chi connectivity index (χ1) is 11.6. The van der Waals surface area contributed by atoms with Crippen molar-refractivity contribution >= 4 is 23.5 Å². The highest BCUT2D eigenvalue weighted by molar-refractivity contribution is 6.34. The Morgan fingerprint density at radius 1 is 0.958 bits per heavy atom. The molecule has 0 bridgehead atoms. The molecule has 2 amide bonds. The molecule has 0 spiro atoms. The number of fused-ring (bicyclic) bond motifs is 1. The Kier molecular flexibility index (Phi) is 4.29. The van der Waals surface area contributed by atoms with Crippen molar-refractivity contribution in [2.75, 3.05) is 18.1 Å². The molecule has 0 atom stereocenters. The summed E-state index contributed by atoms with van der Waals surface area (Å²) in [6, 6.07) is 13.1. The summed E-state index contributed by atoms with van der Waals surface area (Å²) in [5.41, 5.74) is 1.24. The number of benzene rings is 2. The topological polar surface area (TPSA) is 72.9 Å². The van der Waals surface area contributed by atoms with Crippen LogP contribution in [0.1, 0.15) is 27.6 Å². The molecule has 1 heterocycles. The number of nitrogens with zero attached hydrogens (tertiary/aromatic N) is 1. The number of anilines is 1. The van der Waals surface area contributed by atoms with E-state index in [9.17, 15) is 14.4 Å². The van der Waals surface area contributed by atoms with Crippen LogP contribution >= 0.6 is 0 Å². The normalized spacial score (nSPS) is 13.0. The SMILES string of the molecule is CCOC(=O)COc1ccc(N2C(=O)c3ccccc3C2=O)cc1. The predicted molar refractivity (Wildman–Crippen MR) is 86.2 cm³/mol. The molecule has 0 N–H and O–H groups in total. The van der Waals surface area contributed by atoms with E-state index in [2.05, 4.69) is 0 Å². The summed E-state index contributed by atoms with van der Waals surface area (Å²) < 4.78 is 10.1. The van der Waals surface area contributed by atoms with E-state index in [-0.39, 0.29) is 18.4 Å². The van der Waals surface area contributed by atoms with E-state index in [1.54, 1.807) is 55.5 Å². The summed E-state index contributed by atoms with van der Waals surface area (Å²) in [6.07, 6.45) is 0. The number of hydrogen-bond acceptors (Lipinski definition) is 5. The van der Waals surface area contributed by atoms with Gasteiger partial charge in [0, 0.05) is 0 Å². The number of imide groups is 1. The molecular formula is C18H15NO5. The zero-order valence-electron chi connectivity index (χ0n) is 13.0. The summed E-state index contributed by atoms with van der Waals surface area (Å²) >= 11 is 0. The largest absolute Gasteiger partial charge is 0.482 e. The van der Waals surface area contributed by atoms with Gasteiger partial charge in [0.05, 0.1) is 23.4 Å². The Morgan fingerprint density at radius 3 is 2.08 bits per heavy atom. The smallest absolute Gasteiger partial charge is 0.344 e. The average molecular weight is 325 g/mol. The number of carbonyl (C=O) groups is 3. The van der Waals surface area contributed by atoms with Crippen LogP contribution in [0.15, 0.2) is 48.5 Å². The van der Waals surface area contributed by atoms with Gasteiger partial charge in [0.25, 0.3) is 11.8 Å². The van der Waals surface area contributed by atoms with Gasteiger partial charge in [0.2, 0.25) is 0 Å². The van der Waals surface area contributed by atoms with Crippen molar-refractivity contribution in [1.29, 1.82) is 0 Å². The van der Waals surface area contributed by atoms with Crippen LogP contribution in [-0.4, -0.2) is 31.0 Å². The number of carbonyl (C=O) groups excluding carboxylic acids is 3. The Hall–Kier alpha value is -3.15. The molecule has 0 fully saturated rings. The minimum absolute atomic E-state index is 0.194. The predicted octanol–water partition coefficient (Wildman–Crippen LogP) is 2.43. The van der Waals surface area contributed by atoms with Crippen molar-refractivity contribution in [1.82, 2.24) is 0 Å². The number of esters is 1. The average Bonchev–Trinajstić information content (AvgIpc) is 2.85. The van der Waals surface area contributed by atoms with Crippen molar-refractivity contribution in [2.45, 2.75) is 6.92 Å². The lowest BCUT2D eigenvalue weighted by atomic mass is 10.1. The molecule has 0 saturated carbocycles. The highest BCUT2D eigenvalue weighted by Gasteiger charge is 2.36. The van der Waals surface area contributed by atoms with Crippen LogP contribution in [0.25, 0.3) is 0 Å². The molecule has 0 unspecified atom stereocenters. The zero-order valence-corrected chi connectivity index (χ0v) is 13.0. The maximum absolute atomic E-state index is 12.4. The number of amides is 2. The fourth-order valence-corrected chi connectivity index (χ4v) is 2.46. The molecule has 0 saturated heterocycles. The fraction of sp³-hybridized carbons (Fsp3) is 0.167. The van der Waals surface area contributed by atoms with E-state index in [0.717, 1.165) is 4.90 Å². The third kappa shape index (κ3) is 2.86. The van der Waals surface area contributed by atoms with Crippen molar-refractivity contribution in [3.8, 4) is 5.75 Å². The molecule has 0 aromatic heterocycles. The lowest BCUT2D eigenvalue weighted by Crippen LogP contribution is -2.29. The van der Waals surface area contributed by atoms with Crippen molar-refractivity contribution < 1.29 is 23.9 Å². The Labute approximate surface area is 138 Å². The fourth-order valence-electron chi connectivity index (χ4n) is 2.46.